The van der Waals surface area contributed by atoms with Crippen LogP contribution in [0, 0.1) is 5.92 Å². The smallest absolute Gasteiger partial charge is 0.328 e. The van der Waals surface area contributed by atoms with Crippen LogP contribution in [-0.4, -0.2) is 17.7 Å². The van der Waals surface area contributed by atoms with Crippen molar-refractivity contribution in [3.05, 3.63) is 35.9 Å². The second-order valence-corrected chi connectivity index (χ2v) is 4.27. The number of carbonyl (C=O) groups is 1. The van der Waals surface area contributed by atoms with E-state index in [0.29, 0.717) is 12.5 Å². The molecule has 0 heterocycles. The van der Waals surface area contributed by atoms with Crippen molar-refractivity contribution in [3.63, 3.8) is 0 Å². The van der Waals surface area contributed by atoms with E-state index in [0.717, 1.165) is 23.8 Å². The predicted octanol–water partition coefficient (Wildman–Crippen LogP) is 3.21. The quantitative estimate of drug-likeness (QED) is 0.769. The zero-order valence-electron chi connectivity index (χ0n) is 10.2. The van der Waals surface area contributed by atoms with Crippen LogP contribution in [0.15, 0.2) is 30.3 Å². The van der Waals surface area contributed by atoms with E-state index in [9.17, 15) is 4.79 Å². The van der Waals surface area contributed by atoms with E-state index in [2.05, 4.69) is 13.8 Å². The molecule has 0 aliphatic carbocycles. The third-order valence-electron chi connectivity index (χ3n) is 2.26. The molecule has 17 heavy (non-hydrogen) atoms. The van der Waals surface area contributed by atoms with Crippen molar-refractivity contribution in [2.45, 2.75) is 20.3 Å². The maximum Gasteiger partial charge on any atom is 0.328 e. The lowest BCUT2D eigenvalue weighted by molar-refractivity contribution is -0.131. The van der Waals surface area contributed by atoms with Crippen LogP contribution in [-0.2, 0) is 4.79 Å². The lowest BCUT2D eigenvalue weighted by Crippen LogP contribution is -2.01. The third-order valence-corrected chi connectivity index (χ3v) is 2.26. The summed E-state index contributed by atoms with van der Waals surface area (Å²) in [5.74, 6) is 0.508. The first-order valence-electron chi connectivity index (χ1n) is 5.72. The topological polar surface area (TPSA) is 46.5 Å². The second-order valence-electron chi connectivity index (χ2n) is 4.27. The fourth-order valence-electron chi connectivity index (χ4n) is 1.26. The van der Waals surface area contributed by atoms with Gasteiger partial charge in [0.05, 0.1) is 6.61 Å². The van der Waals surface area contributed by atoms with Gasteiger partial charge in [-0.15, -0.1) is 0 Å². The van der Waals surface area contributed by atoms with E-state index in [1.165, 1.54) is 0 Å². The summed E-state index contributed by atoms with van der Waals surface area (Å²) in [5, 5.41) is 8.49. The molecule has 1 aromatic carbocycles. The Kier molecular flexibility index (Phi) is 5.27. The summed E-state index contributed by atoms with van der Waals surface area (Å²) in [6.07, 6.45) is 3.70. The molecule has 0 aliphatic rings. The number of carboxylic acids is 1. The van der Waals surface area contributed by atoms with Gasteiger partial charge in [-0.3, -0.25) is 0 Å². The van der Waals surface area contributed by atoms with Crippen LogP contribution in [0.2, 0.25) is 0 Å². The minimum Gasteiger partial charge on any atom is -0.494 e. The highest BCUT2D eigenvalue weighted by Crippen LogP contribution is 2.14. The summed E-state index contributed by atoms with van der Waals surface area (Å²) in [6, 6.07) is 7.37. The Morgan fingerprint density at radius 2 is 2.00 bits per heavy atom. The Hall–Kier alpha value is -1.77. The molecule has 0 fully saturated rings. The average molecular weight is 234 g/mol. The van der Waals surface area contributed by atoms with Gasteiger partial charge in [0.1, 0.15) is 5.75 Å². The number of benzene rings is 1. The largest absolute Gasteiger partial charge is 0.494 e. The summed E-state index contributed by atoms with van der Waals surface area (Å²) < 4.78 is 5.56. The van der Waals surface area contributed by atoms with Gasteiger partial charge in [-0.1, -0.05) is 26.0 Å². The van der Waals surface area contributed by atoms with E-state index in [-0.39, 0.29) is 0 Å². The molecule has 3 heteroatoms. The molecular weight excluding hydrogens is 216 g/mol. The number of aliphatic carboxylic acids is 1. The molecule has 0 radical (unpaired) electrons. The molecule has 0 amide bonds. The number of hydrogen-bond acceptors (Lipinski definition) is 2. The van der Waals surface area contributed by atoms with Crippen molar-refractivity contribution in [2.75, 3.05) is 6.61 Å². The lowest BCUT2D eigenvalue weighted by Gasteiger charge is -2.07. The van der Waals surface area contributed by atoms with E-state index >= 15 is 0 Å². The molecular formula is C14H18O3. The summed E-state index contributed by atoms with van der Waals surface area (Å²) in [7, 11) is 0. The van der Waals surface area contributed by atoms with Gasteiger partial charge in [-0.25, -0.2) is 4.79 Å². The van der Waals surface area contributed by atoms with E-state index in [4.69, 9.17) is 9.84 Å². The maximum atomic E-state index is 10.3. The van der Waals surface area contributed by atoms with Crippen molar-refractivity contribution in [3.8, 4) is 5.75 Å². The standard InChI is InChI=1S/C14H18O3/c1-11(2)9-10-17-13-6-3-12(4-7-13)5-8-14(15)16/h3-8,11H,9-10H2,1-2H3,(H,15,16). The minimum atomic E-state index is -0.942. The lowest BCUT2D eigenvalue weighted by atomic mass is 10.1. The first-order valence-corrected chi connectivity index (χ1v) is 5.72. The van der Waals surface area contributed by atoms with Crippen LogP contribution in [0.5, 0.6) is 5.75 Å². The summed E-state index contributed by atoms with van der Waals surface area (Å²) in [4.78, 5) is 10.3. The zero-order chi connectivity index (χ0) is 12.7. The Morgan fingerprint density at radius 1 is 1.35 bits per heavy atom. The zero-order valence-corrected chi connectivity index (χ0v) is 10.2. The third kappa shape index (κ3) is 5.76. The van der Waals surface area contributed by atoms with Gasteiger partial charge in [0, 0.05) is 6.08 Å². The summed E-state index contributed by atoms with van der Waals surface area (Å²) in [5.41, 5.74) is 0.851. The molecule has 1 rings (SSSR count). The van der Waals surface area contributed by atoms with Crippen LogP contribution >= 0.6 is 0 Å². The minimum absolute atomic E-state index is 0.632. The molecule has 0 aromatic heterocycles. The van der Waals surface area contributed by atoms with Gasteiger partial charge in [-0.2, -0.15) is 0 Å². The highest BCUT2D eigenvalue weighted by Gasteiger charge is 1.96. The van der Waals surface area contributed by atoms with Gasteiger partial charge < -0.3 is 9.84 Å². The van der Waals surface area contributed by atoms with Gasteiger partial charge in [-0.05, 0) is 36.1 Å². The Labute approximate surface area is 102 Å². The number of carboxylic acid groups (broad SMARTS) is 1. The van der Waals surface area contributed by atoms with Crippen LogP contribution in [0.25, 0.3) is 6.08 Å². The Balaban J connectivity index is 2.47. The van der Waals surface area contributed by atoms with E-state index in [1.54, 1.807) is 6.08 Å². The van der Waals surface area contributed by atoms with Crippen molar-refractivity contribution in [1.82, 2.24) is 0 Å². The molecule has 0 spiro atoms. The normalized spacial score (nSPS) is 11.0. The van der Waals surface area contributed by atoms with Gasteiger partial charge in [0.25, 0.3) is 0 Å². The molecule has 1 N–H and O–H groups in total. The summed E-state index contributed by atoms with van der Waals surface area (Å²) >= 11 is 0. The van der Waals surface area contributed by atoms with Gasteiger partial charge in [0.15, 0.2) is 0 Å². The molecule has 0 saturated heterocycles. The molecule has 0 aliphatic heterocycles. The second kappa shape index (κ2) is 6.74. The number of ether oxygens (including phenoxy) is 1. The van der Waals surface area contributed by atoms with E-state index < -0.39 is 5.97 Å². The molecule has 0 bridgehead atoms. The van der Waals surface area contributed by atoms with E-state index in [1.807, 2.05) is 24.3 Å². The number of rotatable bonds is 6. The molecule has 1 aromatic rings. The SMILES string of the molecule is CC(C)CCOc1ccc(C=CC(=O)O)cc1. The van der Waals surface area contributed by atoms with Crippen LogP contribution < -0.4 is 4.74 Å². The maximum absolute atomic E-state index is 10.3. The van der Waals surface area contributed by atoms with Gasteiger partial charge >= 0.3 is 5.97 Å². The first kappa shape index (κ1) is 13.3. The monoisotopic (exact) mass is 234 g/mol. The van der Waals surface area contributed by atoms with Crippen molar-refractivity contribution >= 4 is 12.0 Å². The van der Waals surface area contributed by atoms with Crippen LogP contribution in [0.4, 0.5) is 0 Å². The van der Waals surface area contributed by atoms with Crippen molar-refractivity contribution in [1.29, 1.82) is 0 Å². The summed E-state index contributed by atoms with van der Waals surface area (Å²) in [6.45, 7) is 5.02. The van der Waals surface area contributed by atoms with Crippen LogP contribution in [0.3, 0.4) is 0 Å². The average Bonchev–Trinajstić information content (AvgIpc) is 2.27. The molecule has 3 nitrogen and oxygen atoms in total. The fraction of sp³-hybridized carbons (Fsp3) is 0.357. The highest BCUT2D eigenvalue weighted by atomic mass is 16.5. The predicted molar refractivity (Wildman–Crippen MR) is 68.1 cm³/mol. The first-order chi connectivity index (χ1) is 8.08. The Bertz CT molecular complexity index is 377. The van der Waals surface area contributed by atoms with Gasteiger partial charge in [0.2, 0.25) is 0 Å². The molecule has 0 atom stereocenters. The fourth-order valence-corrected chi connectivity index (χ4v) is 1.26. The van der Waals surface area contributed by atoms with Crippen LogP contribution in [0.1, 0.15) is 25.8 Å². The molecule has 0 saturated carbocycles. The highest BCUT2D eigenvalue weighted by molar-refractivity contribution is 5.85. The van der Waals surface area contributed by atoms with Crippen molar-refractivity contribution in [2.24, 2.45) is 5.92 Å². The Morgan fingerprint density at radius 3 is 2.53 bits per heavy atom. The van der Waals surface area contributed by atoms with Crippen molar-refractivity contribution < 1.29 is 14.6 Å². The number of hydrogen-bond donors (Lipinski definition) is 1. The molecule has 0 unspecified atom stereocenters. The molecule has 92 valence electrons.